The molecule has 0 saturated carbocycles. The molecule has 5 nitrogen and oxygen atoms in total. The Hall–Kier alpha value is 0.210. The molecular formula is C14H16Cl4N5P3. The third kappa shape index (κ3) is 6.11. The molecule has 12 heteroatoms. The summed E-state index contributed by atoms with van der Waals surface area (Å²) >= 11 is 25.9. The average Bonchev–Trinajstić information content (AvgIpc) is 2.58. The molecule has 0 radical (unpaired) electrons. The summed E-state index contributed by atoms with van der Waals surface area (Å²) in [5.41, 5.74) is 2.09. The first kappa shape index (κ1) is 20.9. The molecule has 1 aliphatic rings. The topological polar surface area (TPSA) is 61.1 Å². The third-order valence-electron chi connectivity index (χ3n) is 3.34. The fourth-order valence-corrected chi connectivity index (χ4v) is 17.9. The van der Waals surface area contributed by atoms with Crippen molar-refractivity contribution in [1.82, 2.24) is 10.2 Å². The summed E-state index contributed by atoms with van der Waals surface area (Å²) in [6, 6.07) is 19.6. The fourth-order valence-electron chi connectivity index (χ4n) is 2.20. The second-order valence-corrected chi connectivity index (χ2v) is 17.4. The van der Waals surface area contributed by atoms with Crippen LogP contribution in [0.4, 0.5) is 0 Å². The van der Waals surface area contributed by atoms with Crippen LogP contribution in [0.1, 0.15) is 11.1 Å². The van der Waals surface area contributed by atoms with Gasteiger partial charge >= 0.3 is 0 Å². The molecule has 140 valence electrons. The maximum atomic E-state index is 6.64. The van der Waals surface area contributed by atoms with Gasteiger partial charge in [-0.15, -0.1) is 0 Å². The van der Waals surface area contributed by atoms with Gasteiger partial charge in [-0.3, -0.25) is 0 Å². The lowest BCUT2D eigenvalue weighted by molar-refractivity contribution is 0.949. The van der Waals surface area contributed by atoms with Gasteiger partial charge in [0.05, 0.1) is 0 Å². The van der Waals surface area contributed by atoms with Crippen molar-refractivity contribution in [3.8, 4) is 0 Å². The van der Waals surface area contributed by atoms with Gasteiger partial charge in [0.2, 0.25) is 13.4 Å². The Morgan fingerprint density at radius 2 is 1.04 bits per heavy atom. The molecule has 3 rings (SSSR count). The third-order valence-corrected chi connectivity index (χ3v) is 15.6. The second kappa shape index (κ2) is 8.70. The van der Waals surface area contributed by atoms with Crippen molar-refractivity contribution in [2.24, 2.45) is 13.5 Å². The number of hydrogen-bond acceptors (Lipinski definition) is 5. The predicted octanol–water partition coefficient (Wildman–Crippen LogP) is 8.37. The minimum Gasteiger partial charge on any atom is -0.249 e. The second-order valence-electron chi connectivity index (χ2n) is 5.42. The van der Waals surface area contributed by atoms with E-state index in [1.165, 1.54) is 0 Å². The predicted molar refractivity (Wildman–Crippen MR) is 118 cm³/mol. The van der Waals surface area contributed by atoms with Crippen molar-refractivity contribution in [2.75, 3.05) is 0 Å². The summed E-state index contributed by atoms with van der Waals surface area (Å²) in [4.78, 5) is 0. The van der Waals surface area contributed by atoms with Crippen LogP contribution in [-0.4, -0.2) is 0 Å². The highest BCUT2D eigenvalue weighted by molar-refractivity contribution is 8.17. The summed E-state index contributed by atoms with van der Waals surface area (Å²) in [5, 5.41) is 6.34. The van der Waals surface area contributed by atoms with Crippen molar-refractivity contribution in [1.29, 1.82) is 0 Å². The number of nitrogens with one attached hydrogen (secondary N) is 2. The Morgan fingerprint density at radius 3 is 1.50 bits per heavy atom. The summed E-state index contributed by atoms with van der Waals surface area (Å²) in [7, 11) is 0. The molecule has 0 fully saturated rings. The van der Waals surface area contributed by atoms with Crippen LogP contribution in [0.15, 0.2) is 74.2 Å². The highest BCUT2D eigenvalue weighted by atomic mass is 35.9. The molecule has 1 aliphatic heterocycles. The SMILES string of the molecule is ClP1(Cl)=NP(Cl)(NCc2ccccc2)=NP(Cl)(NCc2ccccc2)=N1. The van der Waals surface area contributed by atoms with Gasteiger partial charge in [-0.1, -0.05) is 60.7 Å². The first-order chi connectivity index (χ1) is 12.3. The summed E-state index contributed by atoms with van der Waals surface area (Å²) in [6.07, 6.45) is 0. The number of rotatable bonds is 6. The monoisotopic (exact) mass is 487 g/mol. The molecule has 2 aromatic rings. The molecule has 2 unspecified atom stereocenters. The average molecular weight is 489 g/mol. The van der Waals surface area contributed by atoms with E-state index in [0.717, 1.165) is 11.1 Å². The van der Waals surface area contributed by atoms with Crippen LogP contribution in [0.25, 0.3) is 0 Å². The molecule has 2 aromatic carbocycles. The van der Waals surface area contributed by atoms with Gasteiger partial charge < -0.3 is 0 Å². The molecule has 0 saturated heterocycles. The highest BCUT2D eigenvalue weighted by Gasteiger charge is 2.33. The molecule has 2 atom stereocenters. The molecular weight excluding hydrogens is 473 g/mol. The summed E-state index contributed by atoms with van der Waals surface area (Å²) in [6.45, 7) is -4.79. The highest BCUT2D eigenvalue weighted by Crippen LogP contribution is 2.82. The maximum absolute atomic E-state index is 6.64. The number of hydrogen-bond donors (Lipinski definition) is 2. The normalized spacial score (nSPS) is 27.1. The van der Waals surface area contributed by atoms with E-state index in [1.54, 1.807) is 0 Å². The van der Waals surface area contributed by atoms with Gasteiger partial charge in [0.15, 0.2) is 0 Å². The molecule has 26 heavy (non-hydrogen) atoms. The van der Waals surface area contributed by atoms with Crippen LogP contribution in [-0.2, 0) is 13.1 Å². The number of nitrogens with zero attached hydrogens (tertiary/aromatic N) is 3. The van der Waals surface area contributed by atoms with Crippen LogP contribution >= 0.6 is 64.3 Å². The maximum Gasteiger partial charge on any atom is 0.257 e. The Bertz CT molecular complexity index is 881. The fraction of sp³-hybridized carbons (Fsp3) is 0.143. The molecule has 2 N–H and O–H groups in total. The van der Waals surface area contributed by atoms with Gasteiger partial charge in [-0.25, -0.2) is 10.2 Å². The van der Waals surface area contributed by atoms with Crippen LogP contribution < -0.4 is 10.2 Å². The molecule has 0 spiro atoms. The van der Waals surface area contributed by atoms with Crippen LogP contribution in [0.2, 0.25) is 0 Å². The lowest BCUT2D eigenvalue weighted by Crippen LogP contribution is -2.09. The Kier molecular flexibility index (Phi) is 7.00. The molecule has 0 amide bonds. The zero-order valence-corrected chi connectivity index (χ0v) is 19.1. The van der Waals surface area contributed by atoms with E-state index in [4.69, 9.17) is 45.0 Å². The van der Waals surface area contributed by atoms with Gasteiger partial charge in [0, 0.05) is 13.1 Å². The minimum absolute atomic E-state index is 0.481. The van der Waals surface area contributed by atoms with Crippen LogP contribution in [0.5, 0.6) is 0 Å². The van der Waals surface area contributed by atoms with Crippen molar-refractivity contribution in [2.45, 2.75) is 13.1 Å². The first-order valence-corrected chi connectivity index (χ1v) is 16.3. The first-order valence-electron chi connectivity index (χ1n) is 7.56. The smallest absolute Gasteiger partial charge is 0.249 e. The lowest BCUT2D eigenvalue weighted by atomic mass is 10.2. The van der Waals surface area contributed by atoms with E-state index < -0.39 is 19.3 Å². The van der Waals surface area contributed by atoms with Crippen molar-refractivity contribution < 1.29 is 0 Å². The standard InChI is InChI=1S/C14H16Cl4N5P3/c15-24(16)21-25(17,19-11-13-7-3-1-4-8-13)23-26(18,22-24)20-12-14-9-5-2-6-10-14/h1-10,19-20H,11-12H2. The van der Waals surface area contributed by atoms with Crippen LogP contribution in [0, 0.1) is 0 Å². The van der Waals surface area contributed by atoms with Gasteiger partial charge in [0.1, 0.15) is 0 Å². The van der Waals surface area contributed by atoms with E-state index in [9.17, 15) is 0 Å². The number of halogens is 4. The Morgan fingerprint density at radius 1 is 0.615 bits per heavy atom. The van der Waals surface area contributed by atoms with E-state index >= 15 is 0 Å². The van der Waals surface area contributed by atoms with Crippen molar-refractivity contribution in [3.63, 3.8) is 0 Å². The quantitative estimate of drug-likeness (QED) is 0.401. The Balaban J connectivity index is 1.83. The number of benzene rings is 2. The van der Waals surface area contributed by atoms with Gasteiger partial charge in [-0.05, 0) is 56.1 Å². The van der Waals surface area contributed by atoms with E-state index in [2.05, 4.69) is 23.7 Å². The molecule has 0 bridgehead atoms. The molecule has 0 aliphatic carbocycles. The lowest BCUT2D eigenvalue weighted by Gasteiger charge is -2.26. The molecule has 1 heterocycles. The minimum atomic E-state index is -3.01. The molecule has 0 aromatic heterocycles. The largest absolute Gasteiger partial charge is 0.257 e. The zero-order chi connectivity index (χ0) is 18.7. The Labute approximate surface area is 172 Å². The summed E-state index contributed by atoms with van der Waals surface area (Å²) in [5.74, 6) is -3.01. The van der Waals surface area contributed by atoms with Crippen molar-refractivity contribution in [3.05, 3.63) is 71.8 Å². The van der Waals surface area contributed by atoms with Crippen LogP contribution in [0.3, 0.4) is 0 Å². The van der Waals surface area contributed by atoms with E-state index in [1.807, 2.05) is 60.7 Å². The summed E-state index contributed by atoms with van der Waals surface area (Å²) < 4.78 is 13.1. The van der Waals surface area contributed by atoms with E-state index in [-0.39, 0.29) is 0 Å². The zero-order valence-electron chi connectivity index (χ0n) is 13.4. The van der Waals surface area contributed by atoms with Gasteiger partial charge in [0.25, 0.3) is 5.91 Å². The van der Waals surface area contributed by atoms with Crippen molar-refractivity contribution >= 4 is 64.3 Å². The van der Waals surface area contributed by atoms with Gasteiger partial charge in [-0.2, -0.15) is 13.5 Å². The van der Waals surface area contributed by atoms with E-state index in [0.29, 0.717) is 13.1 Å².